The zero-order valence-electron chi connectivity index (χ0n) is 17.0. The molecule has 1 fully saturated rings. The summed E-state index contributed by atoms with van der Waals surface area (Å²) in [7, 11) is -3.20. The number of nitrogens with one attached hydrogen (secondary N) is 1. The Bertz CT molecular complexity index is 1130. The van der Waals surface area contributed by atoms with Crippen molar-refractivity contribution in [2.24, 2.45) is 0 Å². The smallest absolute Gasteiger partial charge is 0.414 e. The number of amides is 2. The molecule has 1 aromatic carbocycles. The predicted octanol–water partition coefficient (Wildman–Crippen LogP) is 1.01. The van der Waals surface area contributed by atoms with Crippen LogP contribution in [0.25, 0.3) is 0 Å². The number of sulfone groups is 1. The van der Waals surface area contributed by atoms with E-state index >= 15 is 0 Å². The van der Waals surface area contributed by atoms with E-state index in [1.807, 2.05) is 0 Å². The lowest BCUT2D eigenvalue weighted by Crippen LogP contribution is -2.33. The number of nitrogens with zero attached hydrogens (tertiary/aromatic N) is 4. The molecule has 2 amide bonds. The van der Waals surface area contributed by atoms with Gasteiger partial charge in [0.2, 0.25) is 5.91 Å². The third kappa shape index (κ3) is 4.63. The molecule has 0 radical (unpaired) electrons. The van der Waals surface area contributed by atoms with Crippen LogP contribution in [0.1, 0.15) is 18.2 Å². The van der Waals surface area contributed by atoms with Gasteiger partial charge in [0.15, 0.2) is 9.84 Å². The number of fused-ring (bicyclic) bond motifs is 1. The van der Waals surface area contributed by atoms with Crippen molar-refractivity contribution in [2.75, 3.05) is 29.1 Å². The van der Waals surface area contributed by atoms with E-state index in [4.69, 9.17) is 4.74 Å². The fourth-order valence-corrected chi connectivity index (χ4v) is 4.32. The summed E-state index contributed by atoms with van der Waals surface area (Å²) in [5.41, 5.74) is 2.28. The summed E-state index contributed by atoms with van der Waals surface area (Å²) in [6.45, 7) is 2.54. The molecule has 2 aliphatic rings. The van der Waals surface area contributed by atoms with Crippen LogP contribution in [0.4, 0.5) is 20.6 Å². The minimum Gasteiger partial charge on any atom is -0.442 e. The number of hydrogen-bond acceptors (Lipinski definition) is 7. The highest BCUT2D eigenvalue weighted by Gasteiger charge is 2.33. The van der Waals surface area contributed by atoms with Gasteiger partial charge in [-0.15, -0.1) is 0 Å². The number of halogens is 1. The van der Waals surface area contributed by atoms with Gasteiger partial charge >= 0.3 is 6.09 Å². The number of aromatic nitrogens is 2. The second-order valence-corrected chi connectivity index (χ2v) is 9.85. The Morgan fingerprint density at radius 1 is 1.35 bits per heavy atom. The molecule has 2 aliphatic heterocycles. The van der Waals surface area contributed by atoms with Gasteiger partial charge in [0.1, 0.15) is 17.8 Å². The number of hydrogen-bond donors (Lipinski definition) is 1. The Morgan fingerprint density at radius 2 is 2.13 bits per heavy atom. The van der Waals surface area contributed by atoms with Crippen LogP contribution >= 0.6 is 0 Å². The van der Waals surface area contributed by atoms with Gasteiger partial charge in [-0.2, -0.15) is 5.10 Å². The van der Waals surface area contributed by atoms with Crippen LogP contribution < -0.4 is 15.1 Å². The number of rotatable bonds is 6. The number of ether oxygens (including phenoxy) is 1. The van der Waals surface area contributed by atoms with E-state index in [0.29, 0.717) is 30.2 Å². The van der Waals surface area contributed by atoms with E-state index in [1.54, 1.807) is 23.2 Å². The summed E-state index contributed by atoms with van der Waals surface area (Å²) < 4.78 is 44.3. The average molecular weight is 451 g/mol. The molecular formula is C19H22FN5O5S. The quantitative estimate of drug-likeness (QED) is 0.697. The Morgan fingerprint density at radius 3 is 2.77 bits per heavy atom. The molecule has 0 aliphatic carbocycles. The third-order valence-electron chi connectivity index (χ3n) is 5.03. The number of carbonyl (C=O) groups excluding carboxylic acids is 2. The molecule has 2 aromatic rings. The summed E-state index contributed by atoms with van der Waals surface area (Å²) in [6, 6.07) is 4.51. The second-order valence-electron chi connectivity index (χ2n) is 7.74. The number of cyclic esters (lactones) is 1. The molecule has 0 saturated carbocycles. The zero-order valence-corrected chi connectivity index (χ0v) is 17.9. The Balaban J connectivity index is 1.44. The normalized spacial score (nSPS) is 18.3. The molecule has 1 atom stereocenters. The molecule has 166 valence electrons. The van der Waals surface area contributed by atoms with Crippen LogP contribution in [-0.4, -0.2) is 55.6 Å². The van der Waals surface area contributed by atoms with E-state index in [9.17, 15) is 22.4 Å². The fraction of sp³-hybridized carbons (Fsp3) is 0.421. The fourth-order valence-electron chi connectivity index (χ4n) is 3.70. The van der Waals surface area contributed by atoms with E-state index in [0.717, 1.165) is 11.8 Å². The van der Waals surface area contributed by atoms with Gasteiger partial charge in [0.05, 0.1) is 36.7 Å². The van der Waals surface area contributed by atoms with Crippen molar-refractivity contribution in [2.45, 2.75) is 32.0 Å². The highest BCUT2D eigenvalue weighted by molar-refractivity contribution is 7.89. The van der Waals surface area contributed by atoms with Crippen LogP contribution in [0.2, 0.25) is 0 Å². The monoisotopic (exact) mass is 451 g/mol. The van der Waals surface area contributed by atoms with Crippen molar-refractivity contribution in [3.8, 4) is 0 Å². The van der Waals surface area contributed by atoms with Gasteiger partial charge in [0.25, 0.3) is 0 Å². The summed E-state index contributed by atoms with van der Waals surface area (Å²) in [5, 5.41) is 6.88. The lowest BCUT2D eigenvalue weighted by Gasteiger charge is -2.21. The molecule has 1 N–H and O–H groups in total. The molecule has 10 nitrogen and oxygen atoms in total. The van der Waals surface area contributed by atoms with Crippen LogP contribution in [0.3, 0.4) is 0 Å². The van der Waals surface area contributed by atoms with E-state index in [2.05, 4.69) is 10.4 Å². The third-order valence-corrected chi connectivity index (χ3v) is 5.76. The van der Waals surface area contributed by atoms with Crippen molar-refractivity contribution < 1.29 is 27.1 Å². The standard InChI is InChI=1S/C19H22FN5O5S/c1-12(26)21-6-15-9-25(19(27)30-15)14-3-4-18(16(20)5-14)23-7-13-8-24(11-31(2,28)29)22-17(13)10-23/h3-5,8,15H,6-7,9-11H2,1-2H3,(H,21,26)/t15-/m0/s1. The van der Waals surface area contributed by atoms with Crippen molar-refractivity contribution in [3.63, 3.8) is 0 Å². The maximum Gasteiger partial charge on any atom is 0.414 e. The lowest BCUT2D eigenvalue weighted by molar-refractivity contribution is -0.119. The van der Waals surface area contributed by atoms with Gasteiger partial charge in [-0.05, 0) is 18.2 Å². The van der Waals surface area contributed by atoms with Gasteiger partial charge in [-0.25, -0.2) is 17.6 Å². The minimum atomic E-state index is -3.20. The van der Waals surface area contributed by atoms with E-state index < -0.39 is 27.9 Å². The summed E-state index contributed by atoms with van der Waals surface area (Å²) >= 11 is 0. The average Bonchev–Trinajstić information content (AvgIpc) is 3.31. The second kappa shape index (κ2) is 7.84. The van der Waals surface area contributed by atoms with Crippen LogP contribution in [0.5, 0.6) is 0 Å². The van der Waals surface area contributed by atoms with Crippen LogP contribution in [-0.2, 0) is 38.3 Å². The molecule has 4 rings (SSSR count). The van der Waals surface area contributed by atoms with Gasteiger partial charge in [-0.3, -0.25) is 14.4 Å². The molecule has 12 heteroatoms. The Hall–Kier alpha value is -3.15. The van der Waals surface area contributed by atoms with Gasteiger partial charge < -0.3 is 15.0 Å². The highest BCUT2D eigenvalue weighted by Crippen LogP contribution is 2.32. The zero-order chi connectivity index (χ0) is 22.3. The maximum absolute atomic E-state index is 14.9. The first-order valence-corrected chi connectivity index (χ1v) is 11.6. The molecule has 1 saturated heterocycles. The van der Waals surface area contributed by atoms with E-state index in [-0.39, 0.29) is 24.9 Å². The van der Waals surface area contributed by atoms with Crippen LogP contribution in [0.15, 0.2) is 24.4 Å². The molecular weight excluding hydrogens is 429 g/mol. The topological polar surface area (TPSA) is 114 Å². The van der Waals surface area contributed by atoms with Gasteiger partial charge in [0, 0.05) is 31.5 Å². The SMILES string of the molecule is CC(=O)NC[C@H]1CN(c2ccc(N3Cc4cn(CS(C)(=O)=O)nc4C3)c(F)c2)C(=O)O1. The van der Waals surface area contributed by atoms with Crippen LogP contribution in [0, 0.1) is 5.82 Å². The minimum absolute atomic E-state index is 0.194. The maximum atomic E-state index is 14.9. The predicted molar refractivity (Wildman–Crippen MR) is 110 cm³/mol. The first-order chi connectivity index (χ1) is 14.6. The summed E-state index contributed by atoms with van der Waals surface area (Å²) in [6.07, 6.45) is 1.71. The van der Waals surface area contributed by atoms with Crippen molar-refractivity contribution in [1.82, 2.24) is 15.1 Å². The van der Waals surface area contributed by atoms with E-state index in [1.165, 1.54) is 22.6 Å². The van der Waals surface area contributed by atoms with Crippen molar-refractivity contribution in [1.29, 1.82) is 0 Å². The summed E-state index contributed by atoms with van der Waals surface area (Å²) in [5.74, 6) is -0.915. The Kier molecular flexibility index (Phi) is 5.33. The summed E-state index contributed by atoms with van der Waals surface area (Å²) in [4.78, 5) is 26.3. The molecule has 0 bridgehead atoms. The molecule has 0 spiro atoms. The number of benzene rings is 1. The molecule has 3 heterocycles. The first kappa shape index (κ1) is 21.1. The number of anilines is 2. The largest absolute Gasteiger partial charge is 0.442 e. The molecule has 31 heavy (non-hydrogen) atoms. The van der Waals surface area contributed by atoms with Crippen molar-refractivity contribution >= 4 is 33.2 Å². The first-order valence-electron chi connectivity index (χ1n) is 9.59. The van der Waals surface area contributed by atoms with Gasteiger partial charge in [-0.1, -0.05) is 0 Å². The van der Waals surface area contributed by atoms with Crippen molar-refractivity contribution in [3.05, 3.63) is 41.5 Å². The lowest BCUT2D eigenvalue weighted by atomic mass is 10.2. The number of carbonyl (C=O) groups is 2. The molecule has 0 unspecified atom stereocenters. The highest BCUT2D eigenvalue weighted by atomic mass is 32.2. The Labute approximate surface area is 178 Å². The molecule has 1 aromatic heterocycles.